The number of hydrogen-bond acceptors (Lipinski definition) is 4. The fourth-order valence-electron chi connectivity index (χ4n) is 4.27. The van der Waals surface area contributed by atoms with Crippen molar-refractivity contribution in [3.05, 3.63) is 59.7 Å². The number of rotatable bonds is 9. The van der Waals surface area contributed by atoms with E-state index in [4.69, 9.17) is 9.84 Å². The summed E-state index contributed by atoms with van der Waals surface area (Å²) >= 11 is 0. The van der Waals surface area contributed by atoms with Gasteiger partial charge in [-0.25, -0.2) is 4.79 Å². The van der Waals surface area contributed by atoms with Gasteiger partial charge in [-0.1, -0.05) is 55.5 Å². The molecule has 1 saturated carbocycles. The molecule has 0 bridgehead atoms. The Morgan fingerprint density at radius 1 is 1.06 bits per heavy atom. The normalized spacial score (nSPS) is 16.4. The van der Waals surface area contributed by atoms with E-state index in [0.29, 0.717) is 13.0 Å². The lowest BCUT2D eigenvalue weighted by molar-refractivity contribution is -0.141. The lowest BCUT2D eigenvalue weighted by Gasteiger charge is -2.19. The van der Waals surface area contributed by atoms with Crippen LogP contribution in [0.25, 0.3) is 11.1 Å². The minimum atomic E-state index is -0.880. The summed E-state index contributed by atoms with van der Waals surface area (Å²) in [6.45, 7) is 2.14. The van der Waals surface area contributed by atoms with E-state index in [1.807, 2.05) is 24.3 Å². The van der Waals surface area contributed by atoms with Crippen LogP contribution >= 0.6 is 0 Å². The van der Waals surface area contributed by atoms with Gasteiger partial charge in [0.2, 0.25) is 5.91 Å². The number of hydrogen-bond donors (Lipinski definition) is 3. The Morgan fingerprint density at radius 3 is 2.22 bits per heavy atom. The van der Waals surface area contributed by atoms with Crippen LogP contribution in [-0.2, 0) is 14.3 Å². The van der Waals surface area contributed by atoms with Crippen molar-refractivity contribution in [1.29, 1.82) is 0 Å². The summed E-state index contributed by atoms with van der Waals surface area (Å²) in [5.41, 5.74) is 4.08. The molecule has 0 radical (unpaired) electrons. The average molecular weight is 437 g/mol. The van der Waals surface area contributed by atoms with E-state index in [-0.39, 0.29) is 24.9 Å². The van der Waals surface area contributed by atoms with E-state index < -0.39 is 23.5 Å². The summed E-state index contributed by atoms with van der Waals surface area (Å²) in [5.74, 6) is -1.60. The molecule has 2 aromatic carbocycles. The van der Waals surface area contributed by atoms with Crippen LogP contribution in [0.1, 0.15) is 49.7 Å². The molecule has 2 aliphatic carbocycles. The Morgan fingerprint density at radius 2 is 1.66 bits per heavy atom. The molecule has 4 rings (SSSR count). The van der Waals surface area contributed by atoms with E-state index >= 15 is 0 Å². The molecule has 168 valence electrons. The van der Waals surface area contributed by atoms with Crippen molar-refractivity contribution < 1.29 is 24.2 Å². The van der Waals surface area contributed by atoms with Crippen LogP contribution in [0.5, 0.6) is 0 Å². The molecule has 0 aliphatic heterocycles. The monoisotopic (exact) mass is 436 g/mol. The van der Waals surface area contributed by atoms with Crippen molar-refractivity contribution in [3.8, 4) is 11.1 Å². The maximum atomic E-state index is 12.5. The minimum absolute atomic E-state index is 0.0113. The number of fused-ring (bicyclic) bond motifs is 3. The van der Waals surface area contributed by atoms with Gasteiger partial charge in [0.1, 0.15) is 6.61 Å². The molecule has 1 unspecified atom stereocenters. The molecule has 7 nitrogen and oxygen atoms in total. The second-order valence-electron chi connectivity index (χ2n) is 8.79. The number of carbonyl (C=O) groups is 3. The van der Waals surface area contributed by atoms with Gasteiger partial charge in [-0.15, -0.1) is 0 Å². The molecule has 1 fully saturated rings. The first-order chi connectivity index (χ1) is 15.4. The quantitative estimate of drug-likeness (QED) is 0.556. The zero-order valence-electron chi connectivity index (χ0n) is 18.1. The van der Waals surface area contributed by atoms with Gasteiger partial charge in [0, 0.05) is 18.9 Å². The second kappa shape index (κ2) is 9.02. The topological polar surface area (TPSA) is 105 Å². The predicted molar refractivity (Wildman–Crippen MR) is 119 cm³/mol. The molecule has 2 aliphatic rings. The predicted octanol–water partition coefficient (Wildman–Crippen LogP) is 3.67. The second-order valence-corrected chi connectivity index (χ2v) is 8.79. The molecule has 1 atom stereocenters. The van der Waals surface area contributed by atoms with Gasteiger partial charge in [-0.3, -0.25) is 9.59 Å². The van der Waals surface area contributed by atoms with Gasteiger partial charge in [0.25, 0.3) is 0 Å². The van der Waals surface area contributed by atoms with Gasteiger partial charge >= 0.3 is 12.1 Å². The fourth-order valence-corrected chi connectivity index (χ4v) is 4.27. The highest BCUT2D eigenvalue weighted by Crippen LogP contribution is 2.44. The van der Waals surface area contributed by atoms with Gasteiger partial charge in [-0.05, 0) is 41.5 Å². The summed E-state index contributed by atoms with van der Waals surface area (Å²) in [4.78, 5) is 35.6. The van der Waals surface area contributed by atoms with E-state index in [2.05, 4.69) is 34.9 Å². The summed E-state index contributed by atoms with van der Waals surface area (Å²) < 4.78 is 5.59. The molecule has 0 aromatic heterocycles. The highest BCUT2D eigenvalue weighted by Gasteiger charge is 2.46. The Hall–Kier alpha value is -3.35. The van der Waals surface area contributed by atoms with Crippen molar-refractivity contribution in [2.24, 2.45) is 5.92 Å². The van der Waals surface area contributed by atoms with Crippen LogP contribution in [0.2, 0.25) is 0 Å². The van der Waals surface area contributed by atoms with Crippen molar-refractivity contribution in [2.45, 2.75) is 44.1 Å². The molecule has 7 heteroatoms. The zero-order chi connectivity index (χ0) is 22.7. The fraction of sp³-hybridized carbons (Fsp3) is 0.400. The standard InChI is InChI=1S/C25H28N2O5/c1-16(23(29)30)10-13-26-22(28)14-25(11-12-25)27-24(31)32-15-21-19-8-4-2-6-17(19)18-7-3-5-9-20(18)21/h2-9,16,21H,10-15H2,1H3,(H,26,28)(H,27,31)(H,29,30). The number of aliphatic carboxylic acids is 1. The largest absolute Gasteiger partial charge is 0.481 e. The first kappa shape index (κ1) is 21.9. The number of amides is 2. The lowest BCUT2D eigenvalue weighted by atomic mass is 9.98. The number of carbonyl (C=O) groups excluding carboxylic acids is 2. The third-order valence-corrected chi connectivity index (χ3v) is 6.38. The van der Waals surface area contributed by atoms with Crippen LogP contribution < -0.4 is 10.6 Å². The van der Waals surface area contributed by atoms with Crippen LogP contribution in [0.15, 0.2) is 48.5 Å². The number of ether oxygens (including phenoxy) is 1. The number of carboxylic acid groups (broad SMARTS) is 1. The van der Waals surface area contributed by atoms with Crippen molar-refractivity contribution in [3.63, 3.8) is 0 Å². The Bertz CT molecular complexity index is 985. The Balaban J connectivity index is 1.28. The van der Waals surface area contributed by atoms with Gasteiger partial charge in [0.05, 0.1) is 11.5 Å². The molecular formula is C25H28N2O5. The van der Waals surface area contributed by atoms with E-state index in [9.17, 15) is 14.4 Å². The van der Waals surface area contributed by atoms with E-state index in [1.54, 1.807) is 6.92 Å². The van der Waals surface area contributed by atoms with Gasteiger partial charge in [-0.2, -0.15) is 0 Å². The first-order valence-electron chi connectivity index (χ1n) is 11.0. The van der Waals surface area contributed by atoms with Crippen molar-refractivity contribution in [1.82, 2.24) is 10.6 Å². The zero-order valence-corrected chi connectivity index (χ0v) is 18.1. The van der Waals surface area contributed by atoms with Crippen LogP contribution in [-0.4, -0.2) is 41.8 Å². The first-order valence-corrected chi connectivity index (χ1v) is 11.0. The Kier molecular flexibility index (Phi) is 6.17. The molecule has 32 heavy (non-hydrogen) atoms. The highest BCUT2D eigenvalue weighted by molar-refractivity contribution is 5.80. The summed E-state index contributed by atoms with van der Waals surface area (Å²) in [6, 6.07) is 16.3. The molecule has 0 saturated heterocycles. The number of nitrogens with one attached hydrogen (secondary N) is 2. The molecule has 3 N–H and O–H groups in total. The third kappa shape index (κ3) is 4.77. The molecule has 2 aromatic rings. The number of alkyl carbamates (subject to hydrolysis) is 1. The molecule has 0 heterocycles. The van der Waals surface area contributed by atoms with Crippen LogP contribution in [0.4, 0.5) is 4.79 Å². The number of benzene rings is 2. The highest BCUT2D eigenvalue weighted by atomic mass is 16.5. The molecule has 2 amide bonds. The van der Waals surface area contributed by atoms with E-state index in [1.165, 1.54) is 11.1 Å². The maximum absolute atomic E-state index is 12.5. The third-order valence-electron chi connectivity index (χ3n) is 6.38. The summed E-state index contributed by atoms with van der Waals surface area (Å²) in [6.07, 6.45) is 1.45. The summed E-state index contributed by atoms with van der Waals surface area (Å²) in [7, 11) is 0. The van der Waals surface area contributed by atoms with E-state index in [0.717, 1.165) is 24.0 Å². The van der Waals surface area contributed by atoms with Crippen molar-refractivity contribution >= 4 is 18.0 Å². The van der Waals surface area contributed by atoms with Crippen LogP contribution in [0, 0.1) is 5.92 Å². The minimum Gasteiger partial charge on any atom is -0.481 e. The molecule has 0 spiro atoms. The van der Waals surface area contributed by atoms with Gasteiger partial charge in [0.15, 0.2) is 0 Å². The van der Waals surface area contributed by atoms with Crippen molar-refractivity contribution in [2.75, 3.05) is 13.2 Å². The maximum Gasteiger partial charge on any atom is 0.407 e. The smallest absolute Gasteiger partial charge is 0.407 e. The Labute approximate surface area is 187 Å². The van der Waals surface area contributed by atoms with Crippen LogP contribution in [0.3, 0.4) is 0 Å². The summed E-state index contributed by atoms with van der Waals surface area (Å²) in [5, 5.41) is 14.5. The number of carboxylic acids is 1. The average Bonchev–Trinajstić information content (AvgIpc) is 3.44. The lowest BCUT2D eigenvalue weighted by Crippen LogP contribution is -2.42. The SMILES string of the molecule is CC(CCNC(=O)CC1(NC(=O)OCC2c3ccccc3-c3ccccc32)CC1)C(=O)O. The van der Waals surface area contributed by atoms with Gasteiger partial charge < -0.3 is 20.5 Å². The molecular weight excluding hydrogens is 408 g/mol.